The normalized spacial score (nSPS) is 13.5. The molecule has 0 radical (unpaired) electrons. The maximum absolute atomic E-state index is 15.1. The predicted molar refractivity (Wildman–Crippen MR) is 147 cm³/mol. The maximum atomic E-state index is 15.1. The van der Waals surface area contributed by atoms with E-state index in [1.54, 1.807) is 39.0 Å². The molecule has 2 aromatic carbocycles. The van der Waals surface area contributed by atoms with Crippen molar-refractivity contribution >= 4 is 29.1 Å². The molecule has 216 valence electrons. The Hall–Kier alpha value is -4.04. The van der Waals surface area contributed by atoms with E-state index < -0.39 is 35.0 Å². The molecule has 2 unspecified atom stereocenters. The van der Waals surface area contributed by atoms with Gasteiger partial charge < -0.3 is 24.6 Å². The minimum atomic E-state index is -2.14. The van der Waals surface area contributed by atoms with Crippen molar-refractivity contribution in [3.63, 3.8) is 0 Å². The molecule has 1 heterocycles. The van der Waals surface area contributed by atoms with Gasteiger partial charge in [0.2, 0.25) is 0 Å². The molecule has 3 N–H and O–H groups in total. The van der Waals surface area contributed by atoms with Crippen LogP contribution in [0.25, 0.3) is 0 Å². The first-order valence-electron chi connectivity index (χ1n) is 12.1. The first-order valence-corrected chi connectivity index (χ1v) is 12.5. The molecule has 0 saturated heterocycles. The van der Waals surface area contributed by atoms with Gasteiger partial charge in [-0.3, -0.25) is 5.01 Å². The van der Waals surface area contributed by atoms with E-state index in [2.05, 4.69) is 20.8 Å². The van der Waals surface area contributed by atoms with Gasteiger partial charge in [-0.1, -0.05) is 6.07 Å². The lowest BCUT2D eigenvalue weighted by atomic mass is 9.86. The molecule has 40 heavy (non-hydrogen) atoms. The number of carbonyl (C=O) groups is 1. The number of anilines is 1. The lowest BCUT2D eigenvalue weighted by molar-refractivity contribution is -0.0574. The fourth-order valence-corrected chi connectivity index (χ4v) is 4.17. The molecule has 1 amide bonds. The number of halogens is 2. The van der Waals surface area contributed by atoms with Crippen LogP contribution in [-0.4, -0.2) is 61.9 Å². The van der Waals surface area contributed by atoms with Crippen LogP contribution in [0.3, 0.4) is 0 Å². The lowest BCUT2D eigenvalue weighted by Gasteiger charge is -2.42. The molecular formula is C26H32F2N6O5S. The summed E-state index contributed by atoms with van der Waals surface area (Å²) in [4.78, 5) is 16.8. The SMILES string of the molecule is COc1ccc(NC(=S)N(NC(=O)OC(C)(C)C)C(C)C(O)(Cn2cncn2)c2ccc(F)cc2F)c(OC)c1. The van der Waals surface area contributed by atoms with Gasteiger partial charge in [0.25, 0.3) is 0 Å². The topological polar surface area (TPSA) is 123 Å². The first kappa shape index (κ1) is 30.5. The van der Waals surface area contributed by atoms with Crippen LogP contribution in [0, 0.1) is 11.6 Å². The molecule has 3 aromatic rings. The van der Waals surface area contributed by atoms with Crippen LogP contribution in [0.5, 0.6) is 11.5 Å². The summed E-state index contributed by atoms with van der Waals surface area (Å²) in [5.41, 5.74) is -0.329. The molecular weight excluding hydrogens is 546 g/mol. The van der Waals surface area contributed by atoms with Crippen LogP contribution >= 0.6 is 12.2 Å². The summed E-state index contributed by atoms with van der Waals surface area (Å²) in [7, 11) is 2.96. The fourth-order valence-electron chi connectivity index (χ4n) is 3.86. The Bertz CT molecular complexity index is 1340. The van der Waals surface area contributed by atoms with Crippen molar-refractivity contribution in [3.8, 4) is 11.5 Å². The van der Waals surface area contributed by atoms with Gasteiger partial charge in [0.1, 0.15) is 47.0 Å². The van der Waals surface area contributed by atoms with Crippen LogP contribution in [0.4, 0.5) is 19.3 Å². The van der Waals surface area contributed by atoms with Crippen LogP contribution in [0.2, 0.25) is 0 Å². The van der Waals surface area contributed by atoms with E-state index in [1.165, 1.54) is 38.5 Å². The molecule has 0 saturated carbocycles. The fraction of sp³-hybridized carbons (Fsp3) is 0.385. The van der Waals surface area contributed by atoms with Crippen molar-refractivity contribution in [2.45, 2.75) is 51.5 Å². The van der Waals surface area contributed by atoms with E-state index in [0.717, 1.165) is 17.1 Å². The Balaban J connectivity index is 2.07. The number of nitrogens with zero attached hydrogens (tertiary/aromatic N) is 4. The third-order valence-electron chi connectivity index (χ3n) is 5.83. The number of aromatic nitrogens is 3. The number of hydrogen-bond donors (Lipinski definition) is 3. The molecule has 0 bridgehead atoms. The molecule has 11 nitrogen and oxygen atoms in total. The van der Waals surface area contributed by atoms with Gasteiger partial charge in [0, 0.05) is 17.7 Å². The molecule has 14 heteroatoms. The minimum Gasteiger partial charge on any atom is -0.497 e. The Labute approximate surface area is 236 Å². The van der Waals surface area contributed by atoms with Crippen molar-refractivity contribution < 1.29 is 32.9 Å². The highest BCUT2D eigenvalue weighted by Gasteiger charge is 2.44. The summed E-state index contributed by atoms with van der Waals surface area (Å²) in [6.45, 7) is 6.18. The summed E-state index contributed by atoms with van der Waals surface area (Å²) < 4.78 is 46.3. The third kappa shape index (κ3) is 7.33. The van der Waals surface area contributed by atoms with Gasteiger partial charge in [0.05, 0.1) is 32.5 Å². The monoisotopic (exact) mass is 578 g/mol. The number of rotatable bonds is 8. The third-order valence-corrected chi connectivity index (χ3v) is 6.12. The van der Waals surface area contributed by atoms with Crippen molar-refractivity contribution in [2.24, 2.45) is 0 Å². The van der Waals surface area contributed by atoms with Crippen LogP contribution in [0.15, 0.2) is 49.1 Å². The molecule has 3 rings (SSSR count). The van der Waals surface area contributed by atoms with Crippen LogP contribution < -0.4 is 20.2 Å². The van der Waals surface area contributed by atoms with Gasteiger partial charge >= 0.3 is 6.09 Å². The number of amides is 1. The highest BCUT2D eigenvalue weighted by molar-refractivity contribution is 7.80. The number of carbonyl (C=O) groups excluding carboxylic acids is 1. The Morgan fingerprint density at radius 1 is 1.18 bits per heavy atom. The largest absolute Gasteiger partial charge is 0.497 e. The van der Waals surface area contributed by atoms with E-state index in [0.29, 0.717) is 23.3 Å². The van der Waals surface area contributed by atoms with Crippen molar-refractivity contribution in [1.82, 2.24) is 25.2 Å². The second-order valence-electron chi connectivity index (χ2n) is 9.80. The van der Waals surface area contributed by atoms with E-state index in [-0.39, 0.29) is 17.2 Å². The number of hydrazine groups is 1. The van der Waals surface area contributed by atoms with Gasteiger partial charge in [0.15, 0.2) is 5.11 Å². The van der Waals surface area contributed by atoms with E-state index >= 15 is 4.39 Å². The highest BCUT2D eigenvalue weighted by Crippen LogP contribution is 2.34. The minimum absolute atomic E-state index is 0.110. The molecule has 0 aliphatic rings. The summed E-state index contributed by atoms with van der Waals surface area (Å²) in [5, 5.41) is 20.1. The zero-order valence-corrected chi connectivity index (χ0v) is 23.8. The summed E-state index contributed by atoms with van der Waals surface area (Å²) in [6.07, 6.45) is 1.67. The number of benzene rings is 2. The maximum Gasteiger partial charge on any atom is 0.426 e. The second-order valence-corrected chi connectivity index (χ2v) is 10.2. The standard InChI is InChI=1S/C26H32F2N6O5S/c1-16(26(36,13-33-15-29-14-30-33)19-9-7-17(27)11-20(19)28)34(32-24(35)39-25(2,3)4)23(40)31-21-10-8-18(37-5)12-22(21)38-6/h7-12,14-16,36H,13H2,1-6H3,(H,31,40)(H,32,35). The summed E-state index contributed by atoms with van der Waals surface area (Å²) >= 11 is 5.64. The van der Waals surface area contributed by atoms with Gasteiger partial charge in [-0.05, 0) is 58.1 Å². The Kier molecular flexibility index (Phi) is 9.48. The predicted octanol–water partition coefficient (Wildman–Crippen LogP) is 3.99. The Morgan fingerprint density at radius 2 is 1.90 bits per heavy atom. The molecule has 1 aromatic heterocycles. The number of ether oxygens (including phenoxy) is 3. The van der Waals surface area contributed by atoms with Crippen molar-refractivity contribution in [3.05, 3.63) is 66.3 Å². The number of hydrogen-bond acceptors (Lipinski definition) is 8. The van der Waals surface area contributed by atoms with Gasteiger partial charge in [-0.2, -0.15) is 5.10 Å². The van der Waals surface area contributed by atoms with Crippen LogP contribution in [-0.2, 0) is 16.9 Å². The average Bonchev–Trinajstić information content (AvgIpc) is 3.38. The number of nitrogens with one attached hydrogen (secondary N) is 2. The number of methoxy groups -OCH3 is 2. The highest BCUT2D eigenvalue weighted by atomic mass is 32.1. The van der Waals surface area contributed by atoms with Gasteiger partial charge in [-0.15, -0.1) is 0 Å². The van der Waals surface area contributed by atoms with E-state index in [4.69, 9.17) is 26.4 Å². The molecule has 0 aliphatic heterocycles. The molecule has 0 fully saturated rings. The zero-order valence-electron chi connectivity index (χ0n) is 22.9. The lowest BCUT2D eigenvalue weighted by Crippen LogP contribution is -2.61. The smallest absolute Gasteiger partial charge is 0.426 e. The van der Waals surface area contributed by atoms with Crippen molar-refractivity contribution in [2.75, 3.05) is 19.5 Å². The summed E-state index contributed by atoms with van der Waals surface area (Å²) in [6, 6.07) is 6.51. The molecule has 0 aliphatic carbocycles. The second kappa shape index (κ2) is 12.4. The molecule has 2 atom stereocenters. The van der Waals surface area contributed by atoms with E-state index in [1.807, 2.05) is 0 Å². The first-order chi connectivity index (χ1) is 18.8. The number of aliphatic hydroxyl groups is 1. The van der Waals surface area contributed by atoms with E-state index in [9.17, 15) is 14.3 Å². The average molecular weight is 579 g/mol. The van der Waals surface area contributed by atoms with Crippen LogP contribution in [0.1, 0.15) is 33.3 Å². The quantitative estimate of drug-likeness (QED) is 0.267. The Morgan fingerprint density at radius 3 is 2.48 bits per heavy atom. The van der Waals surface area contributed by atoms with Gasteiger partial charge in [-0.25, -0.2) is 28.7 Å². The number of thiocarbonyl (C=S) groups is 1. The zero-order chi connectivity index (χ0) is 29.7. The molecule has 0 spiro atoms. The van der Waals surface area contributed by atoms with Crippen molar-refractivity contribution in [1.29, 1.82) is 0 Å². The summed E-state index contributed by atoms with van der Waals surface area (Å²) in [5.74, 6) is -0.944.